The molecule has 1 N–H and O–H groups in total. The maximum absolute atomic E-state index is 11.2. The number of rotatable bonds is 4. The van der Waals surface area contributed by atoms with Crippen LogP contribution in [0.5, 0.6) is 0 Å². The number of Topliss-reactive ketones (excluding diaryl/α,β-unsaturated/α-hetero) is 1. The molecule has 0 unspecified atom stereocenters. The van der Waals surface area contributed by atoms with Gasteiger partial charge in [-0.15, -0.1) is 0 Å². The molecule has 1 amide bonds. The Balaban J connectivity index is 0.000000518. The summed E-state index contributed by atoms with van der Waals surface area (Å²) in [5.41, 5.74) is 0.848. The number of ether oxygens (including phenoxy) is 1. The fraction of sp³-hybridized carbons (Fsp3) is 0.824. The van der Waals surface area contributed by atoms with Crippen LogP contribution in [0, 0.1) is 11.8 Å². The van der Waals surface area contributed by atoms with Gasteiger partial charge in [0.25, 0.3) is 0 Å². The maximum Gasteiger partial charge on any atom is 0.407 e. The topological polar surface area (TPSA) is 67.8 Å². The van der Waals surface area contributed by atoms with Crippen molar-refractivity contribution in [3.8, 4) is 0 Å². The molecule has 128 valence electrons. The summed E-state index contributed by atoms with van der Waals surface area (Å²) in [5.74, 6) is 1.10. The number of hydrogen-bond donors (Lipinski definition) is 1. The average molecular weight is 312 g/mol. The maximum atomic E-state index is 11.2. The standard InChI is InChI=1S/C11H21NO3.C6H11N/c1-8(6-9(2)13)7-12-10(14)15-11(3,4)5;1-5-3-6(2)7-4-5/h8H,6-7H2,1-5H3,(H,12,14);5H,3-4H2,1-2H3/t8-;5-/m00/s1. The highest BCUT2D eigenvalue weighted by Gasteiger charge is 2.16. The molecule has 0 spiro atoms. The van der Waals surface area contributed by atoms with E-state index in [1.54, 1.807) is 6.92 Å². The summed E-state index contributed by atoms with van der Waals surface area (Å²) >= 11 is 0. The molecule has 5 nitrogen and oxygen atoms in total. The fourth-order valence-corrected chi connectivity index (χ4v) is 2.08. The van der Waals surface area contributed by atoms with Crippen molar-refractivity contribution in [2.75, 3.05) is 13.1 Å². The zero-order valence-corrected chi connectivity index (χ0v) is 15.2. The number of amides is 1. The Morgan fingerprint density at radius 3 is 2.32 bits per heavy atom. The molecule has 1 aliphatic heterocycles. The van der Waals surface area contributed by atoms with Gasteiger partial charge < -0.3 is 14.8 Å². The van der Waals surface area contributed by atoms with E-state index in [1.165, 1.54) is 12.1 Å². The zero-order chi connectivity index (χ0) is 17.3. The summed E-state index contributed by atoms with van der Waals surface area (Å²) in [7, 11) is 0. The van der Waals surface area contributed by atoms with Gasteiger partial charge in [-0.3, -0.25) is 4.99 Å². The van der Waals surface area contributed by atoms with Crippen molar-refractivity contribution in [2.45, 2.75) is 66.9 Å². The van der Waals surface area contributed by atoms with Crippen LogP contribution in [0.3, 0.4) is 0 Å². The first-order valence-electron chi connectivity index (χ1n) is 7.95. The molecular weight excluding hydrogens is 280 g/mol. The van der Waals surface area contributed by atoms with Crippen molar-refractivity contribution in [1.82, 2.24) is 5.32 Å². The molecule has 0 aromatic rings. The molecule has 5 heteroatoms. The molecule has 0 radical (unpaired) electrons. The van der Waals surface area contributed by atoms with Gasteiger partial charge in [-0.25, -0.2) is 4.79 Å². The smallest absolute Gasteiger partial charge is 0.407 e. The van der Waals surface area contributed by atoms with Crippen LogP contribution in [0.4, 0.5) is 4.79 Å². The largest absolute Gasteiger partial charge is 0.444 e. The van der Waals surface area contributed by atoms with E-state index in [-0.39, 0.29) is 11.7 Å². The number of ketones is 1. The molecule has 1 aliphatic rings. The van der Waals surface area contributed by atoms with Gasteiger partial charge in [-0.05, 0) is 52.9 Å². The van der Waals surface area contributed by atoms with Crippen molar-refractivity contribution in [1.29, 1.82) is 0 Å². The highest BCUT2D eigenvalue weighted by Crippen LogP contribution is 2.10. The molecule has 0 saturated heterocycles. The Morgan fingerprint density at radius 1 is 1.41 bits per heavy atom. The number of nitrogens with zero attached hydrogens (tertiary/aromatic N) is 1. The lowest BCUT2D eigenvalue weighted by Crippen LogP contribution is -2.35. The summed E-state index contributed by atoms with van der Waals surface area (Å²) < 4.78 is 5.06. The Bertz CT molecular complexity index is 397. The van der Waals surface area contributed by atoms with Gasteiger partial charge in [-0.1, -0.05) is 13.8 Å². The van der Waals surface area contributed by atoms with E-state index in [0.717, 1.165) is 12.5 Å². The van der Waals surface area contributed by atoms with Crippen LogP contribution >= 0.6 is 0 Å². The molecule has 0 bridgehead atoms. The molecule has 1 rings (SSSR count). The van der Waals surface area contributed by atoms with Crippen LogP contribution in [0.1, 0.15) is 61.3 Å². The number of hydrogen-bond acceptors (Lipinski definition) is 4. The summed E-state index contributed by atoms with van der Waals surface area (Å²) in [6, 6.07) is 0. The van der Waals surface area contributed by atoms with Crippen LogP contribution < -0.4 is 5.32 Å². The third-order valence-corrected chi connectivity index (χ3v) is 2.95. The minimum atomic E-state index is -0.478. The number of nitrogens with one attached hydrogen (secondary N) is 1. The van der Waals surface area contributed by atoms with Crippen molar-refractivity contribution in [2.24, 2.45) is 16.8 Å². The van der Waals surface area contributed by atoms with Crippen molar-refractivity contribution in [3.63, 3.8) is 0 Å². The molecule has 0 fully saturated rings. The van der Waals surface area contributed by atoms with Gasteiger partial charge >= 0.3 is 6.09 Å². The van der Waals surface area contributed by atoms with Crippen LogP contribution in [-0.4, -0.2) is 36.3 Å². The van der Waals surface area contributed by atoms with Gasteiger partial charge in [0.05, 0.1) is 0 Å². The van der Waals surface area contributed by atoms with Gasteiger partial charge in [0, 0.05) is 25.2 Å². The van der Waals surface area contributed by atoms with Crippen molar-refractivity contribution < 1.29 is 14.3 Å². The third-order valence-electron chi connectivity index (χ3n) is 2.95. The normalized spacial score (nSPS) is 18.7. The minimum Gasteiger partial charge on any atom is -0.444 e. The van der Waals surface area contributed by atoms with Gasteiger partial charge in [0.2, 0.25) is 0 Å². The summed E-state index contributed by atoms with van der Waals surface area (Å²) in [6.45, 7) is 14.8. The molecule has 0 aromatic heterocycles. The first-order valence-corrected chi connectivity index (χ1v) is 7.95. The van der Waals surface area contributed by atoms with Crippen LogP contribution in [0.15, 0.2) is 4.99 Å². The fourth-order valence-electron chi connectivity index (χ4n) is 2.08. The van der Waals surface area contributed by atoms with E-state index in [9.17, 15) is 9.59 Å². The van der Waals surface area contributed by atoms with E-state index < -0.39 is 11.7 Å². The van der Waals surface area contributed by atoms with Crippen molar-refractivity contribution in [3.05, 3.63) is 0 Å². The minimum absolute atomic E-state index is 0.133. The molecule has 0 saturated carbocycles. The van der Waals surface area contributed by atoms with Crippen LogP contribution in [0.2, 0.25) is 0 Å². The number of carbonyl (C=O) groups excluding carboxylic acids is 2. The van der Waals surface area contributed by atoms with E-state index in [0.29, 0.717) is 13.0 Å². The molecule has 22 heavy (non-hydrogen) atoms. The summed E-state index contributed by atoms with van der Waals surface area (Å²) in [4.78, 5) is 26.2. The van der Waals surface area contributed by atoms with E-state index in [1.807, 2.05) is 27.7 Å². The molecule has 2 atom stereocenters. The summed E-state index contributed by atoms with van der Waals surface area (Å²) in [6.07, 6.45) is 1.27. The second kappa shape index (κ2) is 9.59. The van der Waals surface area contributed by atoms with E-state index in [2.05, 4.69) is 24.2 Å². The summed E-state index contributed by atoms with van der Waals surface area (Å²) in [5, 5.41) is 2.63. The lowest BCUT2D eigenvalue weighted by atomic mass is 10.1. The molecule has 1 heterocycles. The zero-order valence-electron chi connectivity index (χ0n) is 15.2. The first-order chi connectivity index (χ1) is 9.99. The average Bonchev–Trinajstić information content (AvgIpc) is 2.68. The van der Waals surface area contributed by atoms with E-state index in [4.69, 9.17) is 4.74 Å². The van der Waals surface area contributed by atoms with Gasteiger partial charge in [-0.2, -0.15) is 0 Å². The highest BCUT2D eigenvalue weighted by molar-refractivity contribution is 5.83. The lowest BCUT2D eigenvalue weighted by Gasteiger charge is -2.20. The number of alkyl carbamates (subject to hydrolysis) is 1. The lowest BCUT2D eigenvalue weighted by molar-refractivity contribution is -0.117. The Morgan fingerprint density at radius 2 is 2.00 bits per heavy atom. The Hall–Kier alpha value is -1.39. The predicted octanol–water partition coefficient (Wildman–Crippen LogP) is 3.61. The van der Waals surface area contributed by atoms with Crippen molar-refractivity contribution >= 4 is 17.6 Å². The second-order valence-electron chi connectivity index (χ2n) is 7.28. The monoisotopic (exact) mass is 312 g/mol. The predicted molar refractivity (Wildman–Crippen MR) is 90.5 cm³/mol. The van der Waals surface area contributed by atoms with Gasteiger partial charge in [0.15, 0.2) is 0 Å². The van der Waals surface area contributed by atoms with Crippen LogP contribution in [0.25, 0.3) is 0 Å². The Labute approximate surface area is 134 Å². The molecule has 0 aromatic carbocycles. The molecule has 0 aliphatic carbocycles. The highest BCUT2D eigenvalue weighted by atomic mass is 16.6. The van der Waals surface area contributed by atoms with Gasteiger partial charge in [0.1, 0.15) is 11.4 Å². The Kier molecular flexibility index (Phi) is 8.99. The first kappa shape index (κ1) is 20.6. The second-order valence-corrected chi connectivity index (χ2v) is 7.28. The molecular formula is C17H32N2O3. The van der Waals surface area contributed by atoms with E-state index >= 15 is 0 Å². The number of aliphatic imine (C=N–C) groups is 1. The number of carbonyl (C=O) groups is 2. The third kappa shape index (κ3) is 12.4. The quantitative estimate of drug-likeness (QED) is 0.862. The SMILES string of the molecule is CC(=O)C[C@H](C)CNC(=O)OC(C)(C)C.CC1=NC[C@@H](C)C1. The van der Waals surface area contributed by atoms with Crippen LogP contribution in [-0.2, 0) is 9.53 Å².